The Hall–Kier alpha value is -2.44. The quantitative estimate of drug-likeness (QED) is 0.759. The van der Waals surface area contributed by atoms with Crippen molar-refractivity contribution in [2.75, 3.05) is 26.3 Å². The van der Waals surface area contributed by atoms with Crippen LogP contribution in [0.2, 0.25) is 0 Å². The Morgan fingerprint density at radius 3 is 2.30 bits per heavy atom. The zero-order valence-electron chi connectivity index (χ0n) is 15.1. The normalized spacial score (nSPS) is 14.7. The third-order valence-corrected chi connectivity index (χ3v) is 4.80. The zero-order chi connectivity index (χ0) is 19.2. The molecule has 1 aliphatic heterocycles. The number of morpholine rings is 1. The van der Waals surface area contributed by atoms with Gasteiger partial charge >= 0.3 is 0 Å². The summed E-state index contributed by atoms with van der Waals surface area (Å²) in [4.78, 5) is 27.3. The second-order valence-corrected chi connectivity index (χ2v) is 7.25. The van der Waals surface area contributed by atoms with E-state index in [1.54, 1.807) is 23.1 Å². The number of carbonyl (C=O) groups excluding carboxylic acids is 2. The van der Waals surface area contributed by atoms with Crippen molar-refractivity contribution in [3.05, 3.63) is 75.4 Å². The molecule has 0 spiro atoms. The molecule has 0 radical (unpaired) electrons. The van der Waals surface area contributed by atoms with Crippen molar-refractivity contribution in [1.29, 1.82) is 0 Å². The largest absolute Gasteiger partial charge is 0.378 e. The fraction of sp³-hybridized carbons (Fsp3) is 0.238. The summed E-state index contributed by atoms with van der Waals surface area (Å²) in [5, 5.41) is 2.79. The van der Waals surface area contributed by atoms with Crippen LogP contribution in [0.3, 0.4) is 0 Å². The predicted molar refractivity (Wildman–Crippen MR) is 108 cm³/mol. The number of rotatable bonds is 4. The van der Waals surface area contributed by atoms with Crippen molar-refractivity contribution in [3.8, 4) is 0 Å². The van der Waals surface area contributed by atoms with Gasteiger partial charge in [0, 0.05) is 23.1 Å². The van der Waals surface area contributed by atoms with Crippen LogP contribution in [0.5, 0.6) is 0 Å². The van der Waals surface area contributed by atoms with Crippen LogP contribution >= 0.6 is 15.9 Å². The first-order valence-corrected chi connectivity index (χ1v) is 9.54. The standard InChI is InChI=1S/C21H21BrN2O3/c1-15-2-6-17(7-3-15)20(25)23-19(14-16-4-8-18(22)9-5-16)21(26)24-10-12-27-13-11-24/h2-9,14H,10-13H2,1H3,(H,23,25)/b19-14+. The summed E-state index contributed by atoms with van der Waals surface area (Å²) in [6, 6.07) is 14.8. The molecule has 1 fully saturated rings. The summed E-state index contributed by atoms with van der Waals surface area (Å²) in [6.45, 7) is 3.99. The molecule has 0 bridgehead atoms. The first-order valence-electron chi connectivity index (χ1n) is 8.75. The van der Waals surface area contributed by atoms with Gasteiger partial charge in [0.2, 0.25) is 0 Å². The molecule has 0 unspecified atom stereocenters. The van der Waals surface area contributed by atoms with E-state index in [0.717, 1.165) is 15.6 Å². The number of benzene rings is 2. The highest BCUT2D eigenvalue weighted by atomic mass is 79.9. The molecule has 3 rings (SSSR count). The highest BCUT2D eigenvalue weighted by molar-refractivity contribution is 9.10. The lowest BCUT2D eigenvalue weighted by atomic mass is 10.1. The van der Waals surface area contributed by atoms with Crippen molar-refractivity contribution in [2.24, 2.45) is 0 Å². The van der Waals surface area contributed by atoms with E-state index in [2.05, 4.69) is 21.2 Å². The second kappa shape index (κ2) is 8.97. The van der Waals surface area contributed by atoms with Gasteiger partial charge in [-0.15, -0.1) is 0 Å². The average molecular weight is 429 g/mol. The molecule has 1 N–H and O–H groups in total. The van der Waals surface area contributed by atoms with Crippen LogP contribution < -0.4 is 5.32 Å². The third kappa shape index (κ3) is 5.28. The number of carbonyl (C=O) groups is 2. The van der Waals surface area contributed by atoms with Gasteiger partial charge in [-0.1, -0.05) is 45.8 Å². The van der Waals surface area contributed by atoms with Gasteiger partial charge in [0.15, 0.2) is 0 Å². The minimum absolute atomic E-state index is 0.207. The molecule has 140 valence electrons. The van der Waals surface area contributed by atoms with E-state index < -0.39 is 0 Å². The summed E-state index contributed by atoms with van der Waals surface area (Å²) in [5.41, 5.74) is 2.67. The van der Waals surface area contributed by atoms with Gasteiger partial charge in [0.25, 0.3) is 11.8 Å². The second-order valence-electron chi connectivity index (χ2n) is 6.33. The van der Waals surface area contributed by atoms with Crippen LogP contribution in [-0.4, -0.2) is 43.0 Å². The number of halogens is 1. The van der Waals surface area contributed by atoms with Crippen LogP contribution in [-0.2, 0) is 9.53 Å². The van der Waals surface area contributed by atoms with E-state index in [4.69, 9.17) is 4.74 Å². The maximum absolute atomic E-state index is 13.0. The zero-order valence-corrected chi connectivity index (χ0v) is 16.7. The van der Waals surface area contributed by atoms with E-state index in [1.807, 2.05) is 43.3 Å². The van der Waals surface area contributed by atoms with Gasteiger partial charge < -0.3 is 15.0 Å². The first-order chi connectivity index (χ1) is 13.0. The maximum atomic E-state index is 13.0. The van der Waals surface area contributed by atoms with E-state index in [-0.39, 0.29) is 17.5 Å². The fourth-order valence-corrected chi connectivity index (χ4v) is 2.98. The fourth-order valence-electron chi connectivity index (χ4n) is 2.71. The Labute approximate surface area is 167 Å². The first kappa shape index (κ1) is 19.3. The van der Waals surface area contributed by atoms with E-state index in [9.17, 15) is 9.59 Å². The average Bonchev–Trinajstić information content (AvgIpc) is 2.69. The Morgan fingerprint density at radius 2 is 1.67 bits per heavy atom. The number of aryl methyl sites for hydroxylation is 1. The van der Waals surface area contributed by atoms with Crippen LogP contribution in [0.4, 0.5) is 0 Å². The minimum atomic E-state index is -0.306. The summed E-state index contributed by atoms with van der Waals surface area (Å²) >= 11 is 3.40. The number of ether oxygens (including phenoxy) is 1. The molecule has 5 nitrogen and oxygen atoms in total. The Bertz CT molecular complexity index is 839. The van der Waals surface area contributed by atoms with E-state index >= 15 is 0 Å². The minimum Gasteiger partial charge on any atom is -0.378 e. The van der Waals surface area contributed by atoms with E-state index in [0.29, 0.717) is 31.9 Å². The molecular formula is C21H21BrN2O3. The van der Waals surface area contributed by atoms with Gasteiger partial charge in [-0.25, -0.2) is 0 Å². The number of hydrogen-bond acceptors (Lipinski definition) is 3. The Balaban J connectivity index is 1.86. The Kier molecular flexibility index (Phi) is 6.42. The summed E-state index contributed by atoms with van der Waals surface area (Å²) in [6.07, 6.45) is 1.70. The number of nitrogens with zero attached hydrogens (tertiary/aromatic N) is 1. The molecule has 2 aromatic rings. The number of hydrogen-bond donors (Lipinski definition) is 1. The Morgan fingerprint density at radius 1 is 1.04 bits per heavy atom. The van der Waals surface area contributed by atoms with Crippen LogP contribution in [0, 0.1) is 6.92 Å². The lowest BCUT2D eigenvalue weighted by molar-refractivity contribution is -0.131. The van der Waals surface area contributed by atoms with Gasteiger partial charge in [-0.3, -0.25) is 9.59 Å². The molecule has 1 saturated heterocycles. The number of nitrogens with one attached hydrogen (secondary N) is 1. The molecule has 2 aromatic carbocycles. The summed E-state index contributed by atoms with van der Waals surface area (Å²) in [5.74, 6) is -0.512. The van der Waals surface area contributed by atoms with Crippen molar-refractivity contribution >= 4 is 33.8 Å². The molecule has 1 aliphatic rings. The van der Waals surface area contributed by atoms with Gasteiger partial charge in [0.1, 0.15) is 5.70 Å². The molecule has 0 atom stereocenters. The van der Waals surface area contributed by atoms with Crippen LogP contribution in [0.1, 0.15) is 21.5 Å². The summed E-state index contributed by atoms with van der Waals surface area (Å²) < 4.78 is 6.27. The highest BCUT2D eigenvalue weighted by Crippen LogP contribution is 2.15. The van der Waals surface area contributed by atoms with Crippen LogP contribution in [0.15, 0.2) is 58.7 Å². The highest BCUT2D eigenvalue weighted by Gasteiger charge is 2.22. The molecule has 6 heteroatoms. The van der Waals surface area contributed by atoms with Gasteiger partial charge in [-0.2, -0.15) is 0 Å². The SMILES string of the molecule is Cc1ccc(C(=O)N/C(=C/c2ccc(Br)cc2)C(=O)N2CCOCC2)cc1. The van der Waals surface area contributed by atoms with Gasteiger partial charge in [-0.05, 0) is 42.8 Å². The molecular weight excluding hydrogens is 408 g/mol. The smallest absolute Gasteiger partial charge is 0.270 e. The van der Waals surface area contributed by atoms with Crippen molar-refractivity contribution in [2.45, 2.75) is 6.92 Å². The third-order valence-electron chi connectivity index (χ3n) is 4.27. The predicted octanol–water partition coefficient (Wildman–Crippen LogP) is 3.39. The number of amides is 2. The molecule has 0 saturated carbocycles. The maximum Gasteiger partial charge on any atom is 0.270 e. The lowest BCUT2D eigenvalue weighted by Gasteiger charge is -2.27. The van der Waals surface area contributed by atoms with E-state index in [1.165, 1.54) is 0 Å². The molecule has 27 heavy (non-hydrogen) atoms. The van der Waals surface area contributed by atoms with Crippen molar-refractivity contribution < 1.29 is 14.3 Å². The monoisotopic (exact) mass is 428 g/mol. The molecule has 1 heterocycles. The lowest BCUT2D eigenvalue weighted by Crippen LogP contribution is -2.44. The van der Waals surface area contributed by atoms with Crippen LogP contribution in [0.25, 0.3) is 6.08 Å². The van der Waals surface area contributed by atoms with Gasteiger partial charge in [0.05, 0.1) is 13.2 Å². The van der Waals surface area contributed by atoms with Crippen molar-refractivity contribution in [3.63, 3.8) is 0 Å². The summed E-state index contributed by atoms with van der Waals surface area (Å²) in [7, 11) is 0. The molecule has 0 aromatic heterocycles. The molecule has 2 amide bonds. The molecule has 0 aliphatic carbocycles. The topological polar surface area (TPSA) is 58.6 Å². The van der Waals surface area contributed by atoms with Crippen molar-refractivity contribution in [1.82, 2.24) is 10.2 Å².